The fourth-order valence-electron chi connectivity index (χ4n) is 2.95. The van der Waals surface area contributed by atoms with Crippen LogP contribution in [0.4, 0.5) is 4.39 Å². The largest absolute Gasteiger partial charge is 0.348 e. The maximum Gasteiger partial charge on any atom is 0.253 e. The first-order valence-corrected chi connectivity index (χ1v) is 7.66. The van der Waals surface area contributed by atoms with E-state index in [-0.39, 0.29) is 48.6 Å². The van der Waals surface area contributed by atoms with Crippen molar-refractivity contribution in [2.24, 2.45) is 0 Å². The van der Waals surface area contributed by atoms with E-state index in [1.807, 2.05) is 0 Å². The van der Waals surface area contributed by atoms with Gasteiger partial charge < -0.3 is 10.6 Å². The van der Waals surface area contributed by atoms with Crippen molar-refractivity contribution in [3.05, 3.63) is 41.3 Å². The smallest absolute Gasteiger partial charge is 0.253 e. The quantitative estimate of drug-likeness (QED) is 0.847. The summed E-state index contributed by atoms with van der Waals surface area (Å²) in [5.41, 5.74) is 1.74. The van der Waals surface area contributed by atoms with Gasteiger partial charge in [0.1, 0.15) is 5.82 Å². The molecule has 0 spiro atoms. The van der Waals surface area contributed by atoms with Gasteiger partial charge in [0.15, 0.2) is 0 Å². The van der Waals surface area contributed by atoms with E-state index in [9.17, 15) is 9.18 Å². The second-order valence-corrected chi connectivity index (χ2v) is 5.92. The summed E-state index contributed by atoms with van der Waals surface area (Å²) >= 11 is 0. The average molecular weight is 374 g/mol. The fourth-order valence-corrected chi connectivity index (χ4v) is 2.95. The standard InChI is InChI=1S/C17H20FN3O.2ClH/c1-10-14(8-12-5-6-13(18)9-16(12)20-10)17(22)21-15-4-3-7-19-11(15)2;;/h5-6,8-9,11,15,19H,3-4,7H2,1-2H3,(H,21,22);2*1H. The number of halogens is 3. The van der Waals surface area contributed by atoms with Gasteiger partial charge in [-0.05, 0) is 51.4 Å². The van der Waals surface area contributed by atoms with Gasteiger partial charge >= 0.3 is 0 Å². The summed E-state index contributed by atoms with van der Waals surface area (Å²) in [6, 6.07) is 6.60. The van der Waals surface area contributed by atoms with Crippen LogP contribution in [0.5, 0.6) is 0 Å². The van der Waals surface area contributed by atoms with Gasteiger partial charge in [-0.15, -0.1) is 24.8 Å². The van der Waals surface area contributed by atoms with Crippen molar-refractivity contribution < 1.29 is 9.18 Å². The fraction of sp³-hybridized carbons (Fsp3) is 0.412. The Kier molecular flexibility index (Phi) is 7.39. The molecule has 1 aromatic heterocycles. The molecule has 0 bridgehead atoms. The monoisotopic (exact) mass is 373 g/mol. The zero-order valence-electron chi connectivity index (χ0n) is 13.6. The lowest BCUT2D eigenvalue weighted by molar-refractivity contribution is 0.0919. The third-order valence-electron chi connectivity index (χ3n) is 4.29. The first kappa shape index (κ1) is 20.6. The van der Waals surface area contributed by atoms with Crippen molar-refractivity contribution in [3.63, 3.8) is 0 Å². The molecule has 1 aliphatic rings. The number of nitrogens with zero attached hydrogens (tertiary/aromatic N) is 1. The number of aromatic nitrogens is 1. The van der Waals surface area contributed by atoms with E-state index in [1.54, 1.807) is 19.1 Å². The van der Waals surface area contributed by atoms with Crippen LogP contribution in [0.3, 0.4) is 0 Å². The van der Waals surface area contributed by atoms with Crippen LogP contribution < -0.4 is 10.6 Å². The SMILES string of the molecule is Cc1nc2cc(F)ccc2cc1C(=O)NC1CCCNC1C.Cl.Cl. The molecule has 1 fully saturated rings. The molecule has 1 saturated heterocycles. The van der Waals surface area contributed by atoms with Crippen LogP contribution in [-0.4, -0.2) is 29.5 Å². The van der Waals surface area contributed by atoms with Gasteiger partial charge in [0.2, 0.25) is 0 Å². The zero-order valence-corrected chi connectivity index (χ0v) is 15.3. The number of pyridine rings is 1. The van der Waals surface area contributed by atoms with Crippen LogP contribution in [0, 0.1) is 12.7 Å². The van der Waals surface area contributed by atoms with Crippen LogP contribution in [0.1, 0.15) is 35.8 Å². The topological polar surface area (TPSA) is 54.0 Å². The van der Waals surface area contributed by atoms with Crippen molar-refractivity contribution >= 4 is 41.6 Å². The van der Waals surface area contributed by atoms with Gasteiger partial charge in [0.05, 0.1) is 16.8 Å². The molecule has 1 aromatic carbocycles. The predicted molar refractivity (Wildman–Crippen MR) is 98.9 cm³/mol. The first-order chi connectivity index (χ1) is 10.5. The highest BCUT2D eigenvalue weighted by atomic mass is 35.5. The molecule has 1 aliphatic heterocycles. The molecule has 7 heteroatoms. The highest BCUT2D eigenvalue weighted by Gasteiger charge is 2.23. The number of fused-ring (bicyclic) bond motifs is 1. The zero-order chi connectivity index (χ0) is 15.7. The van der Waals surface area contributed by atoms with E-state index in [4.69, 9.17) is 0 Å². The molecule has 0 radical (unpaired) electrons. The number of hydrogen-bond donors (Lipinski definition) is 2. The number of hydrogen-bond acceptors (Lipinski definition) is 3. The molecule has 4 nitrogen and oxygen atoms in total. The van der Waals surface area contributed by atoms with E-state index in [1.165, 1.54) is 12.1 Å². The lowest BCUT2D eigenvalue weighted by Gasteiger charge is -2.30. The molecule has 2 heterocycles. The number of carbonyl (C=O) groups is 1. The summed E-state index contributed by atoms with van der Waals surface area (Å²) in [7, 11) is 0. The number of nitrogens with one attached hydrogen (secondary N) is 2. The molecule has 24 heavy (non-hydrogen) atoms. The lowest BCUT2D eigenvalue weighted by Crippen LogP contribution is -2.52. The van der Waals surface area contributed by atoms with Gasteiger partial charge in [-0.25, -0.2) is 4.39 Å². The number of amides is 1. The Balaban J connectivity index is 0.00000144. The lowest BCUT2D eigenvalue weighted by atomic mass is 9.99. The molecule has 1 amide bonds. The molecule has 2 atom stereocenters. The number of piperidine rings is 1. The number of benzene rings is 1. The van der Waals surface area contributed by atoms with Crippen molar-refractivity contribution in [3.8, 4) is 0 Å². The van der Waals surface area contributed by atoms with Crippen molar-refractivity contribution in [2.75, 3.05) is 6.54 Å². The van der Waals surface area contributed by atoms with E-state index >= 15 is 0 Å². The second kappa shape index (κ2) is 8.60. The molecular weight excluding hydrogens is 352 g/mol. The minimum absolute atomic E-state index is 0. The van der Waals surface area contributed by atoms with Crippen molar-refractivity contribution in [1.29, 1.82) is 0 Å². The van der Waals surface area contributed by atoms with E-state index in [0.29, 0.717) is 16.8 Å². The predicted octanol–water partition coefficient (Wildman–Crippen LogP) is 3.40. The third-order valence-corrected chi connectivity index (χ3v) is 4.29. The second-order valence-electron chi connectivity index (χ2n) is 5.92. The summed E-state index contributed by atoms with van der Waals surface area (Å²) < 4.78 is 13.3. The molecule has 3 rings (SSSR count). The Morgan fingerprint density at radius 1 is 1.33 bits per heavy atom. The Bertz CT molecular complexity index is 726. The number of rotatable bonds is 2. The van der Waals surface area contributed by atoms with Crippen molar-refractivity contribution in [1.82, 2.24) is 15.6 Å². The summed E-state index contributed by atoms with van der Waals surface area (Å²) in [6.07, 6.45) is 2.04. The molecule has 2 N–H and O–H groups in total. The average Bonchev–Trinajstić information content (AvgIpc) is 2.48. The summed E-state index contributed by atoms with van der Waals surface area (Å²) in [4.78, 5) is 16.9. The van der Waals surface area contributed by atoms with Crippen LogP contribution >= 0.6 is 24.8 Å². The number of aryl methyl sites for hydroxylation is 1. The molecule has 2 unspecified atom stereocenters. The number of carbonyl (C=O) groups excluding carboxylic acids is 1. The maximum absolute atomic E-state index is 13.3. The molecule has 0 aliphatic carbocycles. The van der Waals surface area contributed by atoms with Crippen LogP contribution in [0.2, 0.25) is 0 Å². The molecular formula is C17H22Cl2FN3O. The molecule has 0 saturated carbocycles. The Hall–Kier alpha value is -1.43. The summed E-state index contributed by atoms with van der Waals surface area (Å²) in [5, 5.41) is 7.22. The van der Waals surface area contributed by atoms with Crippen molar-refractivity contribution in [2.45, 2.75) is 38.8 Å². The van der Waals surface area contributed by atoms with Gasteiger partial charge in [-0.1, -0.05) is 0 Å². The van der Waals surface area contributed by atoms with Crippen LogP contribution in [-0.2, 0) is 0 Å². The van der Waals surface area contributed by atoms with Gasteiger partial charge in [-0.2, -0.15) is 0 Å². The van der Waals surface area contributed by atoms with Crippen LogP contribution in [0.15, 0.2) is 24.3 Å². The Labute approximate surface area is 153 Å². The Morgan fingerprint density at radius 2 is 2.08 bits per heavy atom. The van der Waals surface area contributed by atoms with E-state index in [2.05, 4.69) is 22.5 Å². The summed E-state index contributed by atoms with van der Waals surface area (Å²) in [5.74, 6) is -0.435. The minimum Gasteiger partial charge on any atom is -0.348 e. The molecule has 132 valence electrons. The highest BCUT2D eigenvalue weighted by molar-refractivity contribution is 5.98. The van der Waals surface area contributed by atoms with Gasteiger partial charge in [0.25, 0.3) is 5.91 Å². The molecule has 2 aromatic rings. The Morgan fingerprint density at radius 3 is 2.79 bits per heavy atom. The van der Waals surface area contributed by atoms with Gasteiger partial charge in [0, 0.05) is 23.5 Å². The first-order valence-electron chi connectivity index (χ1n) is 7.66. The van der Waals surface area contributed by atoms with Gasteiger partial charge in [-0.3, -0.25) is 9.78 Å². The third kappa shape index (κ3) is 4.35. The van der Waals surface area contributed by atoms with Crippen LogP contribution in [0.25, 0.3) is 10.9 Å². The normalized spacial score (nSPS) is 20.0. The summed E-state index contributed by atoms with van der Waals surface area (Å²) in [6.45, 7) is 4.86. The van der Waals surface area contributed by atoms with E-state index in [0.717, 1.165) is 24.8 Å². The van der Waals surface area contributed by atoms with E-state index < -0.39 is 0 Å². The maximum atomic E-state index is 13.3. The highest BCUT2D eigenvalue weighted by Crippen LogP contribution is 2.18. The minimum atomic E-state index is -0.321.